The number of benzene rings is 2. The Kier molecular flexibility index (Phi) is 3.72. The van der Waals surface area contributed by atoms with Crippen molar-refractivity contribution in [1.82, 2.24) is 10.3 Å². The van der Waals surface area contributed by atoms with Gasteiger partial charge in [0.2, 0.25) is 0 Å². The van der Waals surface area contributed by atoms with Crippen molar-refractivity contribution < 1.29 is 4.79 Å². The van der Waals surface area contributed by atoms with Gasteiger partial charge in [-0.05, 0) is 50.1 Å². The molecule has 3 aromatic rings. The Morgan fingerprint density at radius 3 is 2.50 bits per heavy atom. The fourth-order valence-electron chi connectivity index (χ4n) is 2.59. The van der Waals surface area contributed by atoms with Crippen LogP contribution in [0.4, 0.5) is 0 Å². The van der Waals surface area contributed by atoms with Gasteiger partial charge in [-0.1, -0.05) is 29.8 Å². The van der Waals surface area contributed by atoms with E-state index in [1.54, 1.807) is 0 Å². The molecule has 1 aromatic heterocycles. The Morgan fingerprint density at radius 1 is 1.05 bits per heavy atom. The number of carbonyl (C=O) groups is 1. The second kappa shape index (κ2) is 5.68. The highest BCUT2D eigenvalue weighted by atomic mass is 16.1. The molecule has 1 heterocycles. The van der Waals surface area contributed by atoms with Crippen molar-refractivity contribution in [3.05, 3.63) is 70.4 Å². The van der Waals surface area contributed by atoms with E-state index in [0.717, 1.165) is 22.2 Å². The number of carbonyl (C=O) groups excluding carboxylic acids is 1. The third-order valence-corrected chi connectivity index (χ3v) is 4.14. The first-order valence-electron chi connectivity index (χ1n) is 7.47. The third-order valence-electron chi connectivity index (χ3n) is 4.14. The summed E-state index contributed by atoms with van der Waals surface area (Å²) in [5.74, 6) is -0.0410. The van der Waals surface area contributed by atoms with Crippen LogP contribution in [0.2, 0.25) is 0 Å². The highest BCUT2D eigenvalue weighted by molar-refractivity contribution is 5.99. The van der Waals surface area contributed by atoms with E-state index in [4.69, 9.17) is 0 Å². The quantitative estimate of drug-likeness (QED) is 0.752. The molecule has 112 valence electrons. The minimum atomic E-state index is -0.0410. The number of nitrogens with one attached hydrogen (secondary N) is 2. The lowest BCUT2D eigenvalue weighted by molar-refractivity contribution is 0.0951. The molecule has 2 N–H and O–H groups in total. The number of hydrogen-bond acceptors (Lipinski definition) is 1. The van der Waals surface area contributed by atoms with Gasteiger partial charge in [0.05, 0.1) is 0 Å². The van der Waals surface area contributed by atoms with Crippen molar-refractivity contribution in [1.29, 1.82) is 0 Å². The van der Waals surface area contributed by atoms with Crippen molar-refractivity contribution >= 4 is 16.8 Å². The van der Waals surface area contributed by atoms with E-state index in [9.17, 15) is 4.79 Å². The molecule has 0 unspecified atom stereocenters. The average Bonchev–Trinajstić information content (AvgIpc) is 2.81. The first-order chi connectivity index (χ1) is 10.5. The van der Waals surface area contributed by atoms with Crippen LogP contribution in [-0.4, -0.2) is 10.9 Å². The van der Waals surface area contributed by atoms with E-state index in [-0.39, 0.29) is 5.91 Å². The van der Waals surface area contributed by atoms with Gasteiger partial charge in [-0.2, -0.15) is 0 Å². The van der Waals surface area contributed by atoms with Crippen molar-refractivity contribution in [3.8, 4) is 0 Å². The van der Waals surface area contributed by atoms with Crippen LogP contribution in [0.25, 0.3) is 10.9 Å². The lowest BCUT2D eigenvalue weighted by Crippen LogP contribution is -2.22. The molecule has 0 aliphatic rings. The van der Waals surface area contributed by atoms with Crippen LogP contribution in [-0.2, 0) is 6.54 Å². The Balaban J connectivity index is 1.77. The largest absolute Gasteiger partial charge is 0.358 e. The summed E-state index contributed by atoms with van der Waals surface area (Å²) in [6.07, 6.45) is 0. The van der Waals surface area contributed by atoms with Crippen LogP contribution in [0, 0.1) is 20.8 Å². The summed E-state index contributed by atoms with van der Waals surface area (Å²) in [7, 11) is 0. The molecule has 0 fully saturated rings. The molecular formula is C19H20N2O. The number of H-pyrrole nitrogens is 1. The molecular weight excluding hydrogens is 272 g/mol. The molecule has 0 bridgehead atoms. The van der Waals surface area contributed by atoms with Crippen LogP contribution in [0.15, 0.2) is 42.5 Å². The molecule has 1 amide bonds. The SMILES string of the molecule is Cc1ccc(CNC(=O)c2ccc3[nH]c(C)c(C)c3c2)cc1. The highest BCUT2D eigenvalue weighted by Crippen LogP contribution is 2.22. The van der Waals surface area contributed by atoms with Crippen LogP contribution in [0.1, 0.15) is 32.7 Å². The van der Waals surface area contributed by atoms with Gasteiger partial charge in [0, 0.05) is 28.7 Å². The number of aryl methyl sites for hydroxylation is 3. The minimum Gasteiger partial charge on any atom is -0.358 e. The van der Waals surface area contributed by atoms with Crippen molar-refractivity contribution in [3.63, 3.8) is 0 Å². The zero-order valence-electron chi connectivity index (χ0n) is 13.2. The summed E-state index contributed by atoms with van der Waals surface area (Å²) >= 11 is 0. The average molecular weight is 292 g/mol. The normalized spacial score (nSPS) is 10.9. The van der Waals surface area contributed by atoms with E-state index in [1.165, 1.54) is 11.1 Å². The number of fused-ring (bicyclic) bond motifs is 1. The summed E-state index contributed by atoms with van der Waals surface area (Å²) in [5.41, 5.74) is 6.44. The van der Waals surface area contributed by atoms with Crippen LogP contribution >= 0.6 is 0 Å². The van der Waals surface area contributed by atoms with Gasteiger partial charge in [0.25, 0.3) is 5.91 Å². The van der Waals surface area contributed by atoms with E-state index >= 15 is 0 Å². The fraction of sp³-hybridized carbons (Fsp3) is 0.211. The third kappa shape index (κ3) is 2.75. The summed E-state index contributed by atoms with van der Waals surface area (Å²) in [5, 5.41) is 4.09. The van der Waals surface area contributed by atoms with Crippen molar-refractivity contribution in [2.24, 2.45) is 0 Å². The fourth-order valence-corrected chi connectivity index (χ4v) is 2.59. The monoisotopic (exact) mass is 292 g/mol. The lowest BCUT2D eigenvalue weighted by atomic mass is 10.1. The Hall–Kier alpha value is -2.55. The van der Waals surface area contributed by atoms with Gasteiger partial charge >= 0.3 is 0 Å². The molecule has 3 rings (SSSR count). The van der Waals surface area contributed by atoms with Gasteiger partial charge in [0.15, 0.2) is 0 Å². The molecule has 3 nitrogen and oxygen atoms in total. The zero-order chi connectivity index (χ0) is 15.7. The summed E-state index contributed by atoms with van der Waals surface area (Å²) < 4.78 is 0. The van der Waals surface area contributed by atoms with Crippen molar-refractivity contribution in [2.75, 3.05) is 0 Å². The van der Waals surface area contributed by atoms with Gasteiger partial charge < -0.3 is 10.3 Å². The second-order valence-electron chi connectivity index (χ2n) is 5.80. The van der Waals surface area contributed by atoms with Crippen LogP contribution in [0.5, 0.6) is 0 Å². The van der Waals surface area contributed by atoms with E-state index in [1.807, 2.05) is 37.3 Å². The zero-order valence-corrected chi connectivity index (χ0v) is 13.2. The first-order valence-corrected chi connectivity index (χ1v) is 7.47. The van der Waals surface area contributed by atoms with E-state index in [0.29, 0.717) is 12.1 Å². The molecule has 2 aromatic carbocycles. The van der Waals surface area contributed by atoms with Gasteiger partial charge in [-0.25, -0.2) is 0 Å². The topological polar surface area (TPSA) is 44.9 Å². The molecule has 0 aliphatic heterocycles. The number of amides is 1. The minimum absolute atomic E-state index is 0.0410. The first kappa shape index (κ1) is 14.4. The van der Waals surface area contributed by atoms with Gasteiger partial charge in [-0.15, -0.1) is 0 Å². The van der Waals surface area contributed by atoms with Crippen molar-refractivity contribution in [2.45, 2.75) is 27.3 Å². The maximum atomic E-state index is 12.3. The summed E-state index contributed by atoms with van der Waals surface area (Å²) in [4.78, 5) is 15.6. The standard InChI is InChI=1S/C19H20N2O/c1-12-4-6-15(7-5-12)11-20-19(22)16-8-9-18-17(10-16)13(2)14(3)21-18/h4-10,21H,11H2,1-3H3,(H,20,22). The Morgan fingerprint density at radius 2 is 1.77 bits per heavy atom. The smallest absolute Gasteiger partial charge is 0.251 e. The summed E-state index contributed by atoms with van der Waals surface area (Å²) in [6.45, 7) is 6.72. The second-order valence-corrected chi connectivity index (χ2v) is 5.80. The summed E-state index contributed by atoms with van der Waals surface area (Å²) in [6, 6.07) is 14.0. The molecule has 0 radical (unpaired) electrons. The molecule has 0 atom stereocenters. The molecule has 22 heavy (non-hydrogen) atoms. The van der Waals surface area contributed by atoms with E-state index < -0.39 is 0 Å². The Labute approximate surface area is 130 Å². The van der Waals surface area contributed by atoms with Gasteiger partial charge in [0.1, 0.15) is 0 Å². The molecule has 0 aliphatic carbocycles. The van der Waals surface area contributed by atoms with Crippen LogP contribution < -0.4 is 5.32 Å². The predicted molar refractivity (Wildman–Crippen MR) is 90.1 cm³/mol. The highest BCUT2D eigenvalue weighted by Gasteiger charge is 2.09. The lowest BCUT2D eigenvalue weighted by Gasteiger charge is -2.06. The molecule has 0 spiro atoms. The predicted octanol–water partition coefficient (Wildman–Crippen LogP) is 4.02. The number of aromatic nitrogens is 1. The maximum Gasteiger partial charge on any atom is 0.251 e. The maximum absolute atomic E-state index is 12.3. The molecule has 0 saturated carbocycles. The molecule has 3 heteroatoms. The number of rotatable bonds is 3. The van der Waals surface area contributed by atoms with Crippen LogP contribution in [0.3, 0.4) is 0 Å². The number of hydrogen-bond donors (Lipinski definition) is 2. The number of aromatic amines is 1. The van der Waals surface area contributed by atoms with E-state index in [2.05, 4.69) is 36.3 Å². The molecule has 0 saturated heterocycles. The Bertz CT molecular complexity index is 829. The van der Waals surface area contributed by atoms with Gasteiger partial charge in [-0.3, -0.25) is 4.79 Å².